The van der Waals surface area contributed by atoms with Gasteiger partial charge in [-0.05, 0) is 24.3 Å². The van der Waals surface area contributed by atoms with Crippen LogP contribution in [0.5, 0.6) is 12.0 Å². The van der Waals surface area contributed by atoms with Crippen LogP contribution in [0.1, 0.15) is 31.6 Å². The van der Waals surface area contributed by atoms with E-state index >= 15 is 0 Å². The first-order chi connectivity index (χ1) is 10.3. The molecular weight excluding hydrogens is 288 g/mol. The molecule has 0 spiro atoms. The Hall–Kier alpha value is -1.89. The van der Waals surface area contributed by atoms with Crippen LogP contribution in [0.25, 0.3) is 0 Å². The largest absolute Gasteiger partial charge is 0.463 e. The summed E-state index contributed by atoms with van der Waals surface area (Å²) < 4.78 is 11.1. The second kappa shape index (κ2) is 8.41. The van der Waals surface area contributed by atoms with Crippen LogP contribution in [0.2, 0.25) is 0 Å². The van der Waals surface area contributed by atoms with E-state index in [4.69, 9.17) is 9.47 Å². The molecule has 114 valence electrons. The van der Waals surface area contributed by atoms with E-state index in [0.29, 0.717) is 25.2 Å². The highest BCUT2D eigenvalue weighted by atomic mass is 32.1. The summed E-state index contributed by atoms with van der Waals surface area (Å²) >= 11 is 1.64. The number of anilines is 1. The predicted molar refractivity (Wildman–Crippen MR) is 83.0 cm³/mol. The highest BCUT2D eigenvalue weighted by Gasteiger charge is 2.09. The maximum atomic E-state index is 5.62. The molecule has 0 aliphatic rings. The van der Waals surface area contributed by atoms with Gasteiger partial charge in [0.1, 0.15) is 6.61 Å². The number of hydrogen-bond donors (Lipinski definition) is 1. The third kappa shape index (κ3) is 5.18. The molecule has 21 heavy (non-hydrogen) atoms. The minimum Gasteiger partial charge on any atom is -0.463 e. The highest BCUT2D eigenvalue weighted by molar-refractivity contribution is 7.09. The minimum absolute atomic E-state index is 0.281. The monoisotopic (exact) mass is 308 g/mol. The minimum atomic E-state index is 0.281. The van der Waals surface area contributed by atoms with Gasteiger partial charge in [0, 0.05) is 11.4 Å². The molecular formula is C14H20N4O2S. The molecule has 0 radical (unpaired) electrons. The molecule has 6 nitrogen and oxygen atoms in total. The summed E-state index contributed by atoms with van der Waals surface area (Å²) in [6.07, 6.45) is 1.89. The summed E-state index contributed by atoms with van der Waals surface area (Å²) in [5.74, 6) is 0.485. The van der Waals surface area contributed by atoms with E-state index in [2.05, 4.69) is 27.2 Å². The van der Waals surface area contributed by atoms with Crippen LogP contribution in [0.4, 0.5) is 5.95 Å². The van der Waals surface area contributed by atoms with Crippen molar-refractivity contribution in [1.82, 2.24) is 15.0 Å². The van der Waals surface area contributed by atoms with Crippen LogP contribution in [0.3, 0.4) is 0 Å². The van der Waals surface area contributed by atoms with Gasteiger partial charge in [0.2, 0.25) is 5.95 Å². The van der Waals surface area contributed by atoms with E-state index < -0.39 is 0 Å². The number of aromatic nitrogens is 3. The van der Waals surface area contributed by atoms with Gasteiger partial charge in [-0.2, -0.15) is 9.97 Å². The summed E-state index contributed by atoms with van der Waals surface area (Å²) in [5.41, 5.74) is 0. The van der Waals surface area contributed by atoms with Crippen molar-refractivity contribution < 1.29 is 9.47 Å². The third-order valence-electron chi connectivity index (χ3n) is 2.49. The molecule has 0 aliphatic carbocycles. The summed E-state index contributed by atoms with van der Waals surface area (Å²) in [6.45, 7) is 5.92. The molecule has 0 fully saturated rings. The first kappa shape index (κ1) is 15.5. The number of nitrogens with one attached hydrogen (secondary N) is 1. The number of thiophene rings is 1. The van der Waals surface area contributed by atoms with Gasteiger partial charge < -0.3 is 14.8 Å². The standard InChI is InChI=1S/C14H20N4O2S/c1-3-7-15-12-16-13(19-8-4-2)18-14(17-12)20-10-11-6-5-9-21-11/h5-6,9H,3-4,7-8,10H2,1-2H3,(H,15,16,17,18). The Bertz CT molecular complexity index is 508. The lowest BCUT2D eigenvalue weighted by molar-refractivity contribution is 0.257. The lowest BCUT2D eigenvalue weighted by Crippen LogP contribution is -2.10. The molecule has 0 saturated heterocycles. The Morgan fingerprint density at radius 2 is 1.90 bits per heavy atom. The molecule has 0 aromatic carbocycles. The van der Waals surface area contributed by atoms with Crippen LogP contribution in [-0.2, 0) is 6.61 Å². The molecule has 2 aromatic heterocycles. The van der Waals surface area contributed by atoms with E-state index in [1.807, 2.05) is 24.4 Å². The van der Waals surface area contributed by atoms with Crippen molar-refractivity contribution in [3.05, 3.63) is 22.4 Å². The summed E-state index contributed by atoms with van der Waals surface area (Å²) in [5, 5.41) is 5.14. The van der Waals surface area contributed by atoms with Gasteiger partial charge in [-0.1, -0.05) is 19.9 Å². The van der Waals surface area contributed by atoms with Crippen molar-refractivity contribution in [2.24, 2.45) is 0 Å². The van der Waals surface area contributed by atoms with Crippen LogP contribution in [0, 0.1) is 0 Å². The molecule has 2 rings (SSSR count). The van der Waals surface area contributed by atoms with E-state index in [1.165, 1.54) is 0 Å². The second-order valence-electron chi connectivity index (χ2n) is 4.37. The van der Waals surface area contributed by atoms with Gasteiger partial charge in [0.25, 0.3) is 0 Å². The summed E-state index contributed by atoms with van der Waals surface area (Å²) in [7, 11) is 0. The van der Waals surface area contributed by atoms with Gasteiger partial charge >= 0.3 is 12.0 Å². The van der Waals surface area contributed by atoms with Crippen molar-refractivity contribution in [2.75, 3.05) is 18.5 Å². The van der Waals surface area contributed by atoms with Crippen molar-refractivity contribution in [3.63, 3.8) is 0 Å². The molecule has 7 heteroatoms. The fourth-order valence-electron chi connectivity index (χ4n) is 1.51. The van der Waals surface area contributed by atoms with Crippen LogP contribution in [0.15, 0.2) is 17.5 Å². The SMILES string of the molecule is CCCNc1nc(OCCC)nc(OCc2cccs2)n1. The van der Waals surface area contributed by atoms with Gasteiger partial charge in [0.15, 0.2) is 0 Å². The average molecular weight is 308 g/mol. The number of nitrogens with zero attached hydrogens (tertiary/aromatic N) is 3. The predicted octanol–water partition coefficient (Wildman–Crippen LogP) is 3.12. The molecule has 0 aliphatic heterocycles. The average Bonchev–Trinajstić information content (AvgIpc) is 3.02. The number of rotatable bonds is 9. The Morgan fingerprint density at radius 1 is 1.10 bits per heavy atom. The number of hydrogen-bond acceptors (Lipinski definition) is 7. The van der Waals surface area contributed by atoms with E-state index in [0.717, 1.165) is 24.3 Å². The second-order valence-corrected chi connectivity index (χ2v) is 5.40. The molecule has 0 bridgehead atoms. The van der Waals surface area contributed by atoms with Gasteiger partial charge in [-0.3, -0.25) is 0 Å². The first-order valence-electron chi connectivity index (χ1n) is 7.09. The van der Waals surface area contributed by atoms with Crippen LogP contribution < -0.4 is 14.8 Å². The zero-order valence-electron chi connectivity index (χ0n) is 12.3. The van der Waals surface area contributed by atoms with Gasteiger partial charge in [-0.15, -0.1) is 16.3 Å². The van der Waals surface area contributed by atoms with E-state index in [1.54, 1.807) is 11.3 Å². The maximum absolute atomic E-state index is 5.62. The van der Waals surface area contributed by atoms with Gasteiger partial charge in [-0.25, -0.2) is 0 Å². The number of ether oxygens (including phenoxy) is 2. The Kier molecular flexibility index (Phi) is 6.21. The highest BCUT2D eigenvalue weighted by Crippen LogP contribution is 2.16. The molecule has 0 amide bonds. The zero-order valence-corrected chi connectivity index (χ0v) is 13.2. The molecule has 0 saturated carbocycles. The van der Waals surface area contributed by atoms with Crippen LogP contribution in [-0.4, -0.2) is 28.1 Å². The quantitative estimate of drug-likeness (QED) is 0.767. The van der Waals surface area contributed by atoms with Crippen molar-refractivity contribution in [1.29, 1.82) is 0 Å². The van der Waals surface area contributed by atoms with Gasteiger partial charge in [0.05, 0.1) is 6.61 Å². The van der Waals surface area contributed by atoms with Crippen molar-refractivity contribution in [2.45, 2.75) is 33.3 Å². The van der Waals surface area contributed by atoms with Crippen LogP contribution >= 0.6 is 11.3 Å². The van der Waals surface area contributed by atoms with Crippen molar-refractivity contribution in [3.8, 4) is 12.0 Å². The Balaban J connectivity index is 2.05. The Labute approximate surface area is 128 Å². The lowest BCUT2D eigenvalue weighted by atomic mass is 10.5. The molecule has 2 aromatic rings. The molecule has 1 N–H and O–H groups in total. The van der Waals surface area contributed by atoms with E-state index in [-0.39, 0.29) is 6.01 Å². The smallest absolute Gasteiger partial charge is 0.324 e. The zero-order chi connectivity index (χ0) is 14.9. The summed E-state index contributed by atoms with van der Waals surface area (Å²) in [4.78, 5) is 13.8. The summed E-state index contributed by atoms with van der Waals surface area (Å²) in [6, 6.07) is 4.58. The first-order valence-corrected chi connectivity index (χ1v) is 7.97. The maximum Gasteiger partial charge on any atom is 0.324 e. The topological polar surface area (TPSA) is 69.2 Å². The third-order valence-corrected chi connectivity index (χ3v) is 3.34. The molecule has 2 heterocycles. The molecule has 0 unspecified atom stereocenters. The van der Waals surface area contributed by atoms with E-state index in [9.17, 15) is 0 Å². The normalized spacial score (nSPS) is 10.4. The Morgan fingerprint density at radius 3 is 2.57 bits per heavy atom. The lowest BCUT2D eigenvalue weighted by Gasteiger charge is -2.09. The fourth-order valence-corrected chi connectivity index (χ4v) is 2.12. The molecule has 0 atom stereocenters. The fraction of sp³-hybridized carbons (Fsp3) is 0.500. The van der Waals surface area contributed by atoms with Crippen molar-refractivity contribution >= 4 is 17.3 Å².